The fraction of sp³-hybridized carbons (Fsp3) is 0.238. The molecule has 0 aliphatic carbocycles. The summed E-state index contributed by atoms with van der Waals surface area (Å²) in [5.41, 5.74) is 11.4. The quantitative estimate of drug-likeness (QED) is 0.617. The van der Waals surface area contributed by atoms with Crippen molar-refractivity contribution in [2.45, 2.75) is 34.2 Å². The average molecular weight is 392 g/mol. The van der Waals surface area contributed by atoms with E-state index in [1.54, 1.807) is 0 Å². The van der Waals surface area contributed by atoms with Crippen LogP contribution >= 0.6 is 0 Å². The summed E-state index contributed by atoms with van der Waals surface area (Å²) in [6, 6.07) is 11.5. The van der Waals surface area contributed by atoms with Gasteiger partial charge in [0.2, 0.25) is 5.91 Å². The predicted octanol–water partition coefficient (Wildman–Crippen LogP) is 2.98. The first-order valence-corrected chi connectivity index (χ1v) is 9.19. The van der Waals surface area contributed by atoms with Crippen LogP contribution < -0.4 is 16.4 Å². The zero-order valence-corrected chi connectivity index (χ0v) is 16.9. The number of anilines is 3. The van der Waals surface area contributed by atoms with Gasteiger partial charge in [0.25, 0.3) is 5.91 Å². The van der Waals surface area contributed by atoms with Crippen LogP contribution in [0.1, 0.15) is 32.7 Å². The van der Waals surface area contributed by atoms with Gasteiger partial charge in [-0.3, -0.25) is 9.59 Å². The number of aryl methyl sites for hydroxylation is 4. The van der Waals surface area contributed by atoms with Crippen LogP contribution in [0, 0.1) is 27.7 Å². The van der Waals surface area contributed by atoms with Gasteiger partial charge in [0.15, 0.2) is 11.5 Å². The number of aromatic nitrogens is 3. The van der Waals surface area contributed by atoms with Crippen LogP contribution in [0.3, 0.4) is 0 Å². The molecule has 29 heavy (non-hydrogen) atoms. The second-order valence-corrected chi connectivity index (χ2v) is 7.12. The molecule has 0 fully saturated rings. The van der Waals surface area contributed by atoms with Crippen molar-refractivity contribution in [2.24, 2.45) is 0 Å². The number of amides is 2. The summed E-state index contributed by atoms with van der Waals surface area (Å²) in [4.78, 5) is 24.9. The summed E-state index contributed by atoms with van der Waals surface area (Å²) in [5, 5.41) is 13.3. The highest BCUT2D eigenvalue weighted by molar-refractivity contribution is 6.06. The smallest absolute Gasteiger partial charge is 0.280 e. The molecule has 1 heterocycles. The molecule has 0 saturated heterocycles. The highest BCUT2D eigenvalue weighted by atomic mass is 16.2. The molecule has 0 saturated carbocycles. The molecule has 1 aromatic heterocycles. The summed E-state index contributed by atoms with van der Waals surface area (Å²) in [6.45, 7) is 7.59. The highest BCUT2D eigenvalue weighted by Crippen LogP contribution is 2.19. The molecule has 0 unspecified atom stereocenters. The highest BCUT2D eigenvalue weighted by Gasteiger charge is 2.20. The van der Waals surface area contributed by atoms with Gasteiger partial charge in [0.1, 0.15) is 6.54 Å². The molecule has 2 aromatic carbocycles. The fourth-order valence-electron chi connectivity index (χ4n) is 2.93. The lowest BCUT2D eigenvalue weighted by atomic mass is 10.1. The zero-order chi connectivity index (χ0) is 21.1. The second kappa shape index (κ2) is 8.14. The van der Waals surface area contributed by atoms with Crippen LogP contribution in [-0.2, 0) is 11.3 Å². The van der Waals surface area contributed by atoms with Crippen LogP contribution in [-0.4, -0.2) is 26.8 Å². The Morgan fingerprint density at radius 2 is 1.62 bits per heavy atom. The molecular formula is C21H24N6O2. The van der Waals surface area contributed by atoms with Gasteiger partial charge in [-0.05, 0) is 56.5 Å². The lowest BCUT2D eigenvalue weighted by molar-refractivity contribution is -0.116. The predicted molar refractivity (Wildman–Crippen MR) is 113 cm³/mol. The van der Waals surface area contributed by atoms with Crippen molar-refractivity contribution in [2.75, 3.05) is 16.4 Å². The van der Waals surface area contributed by atoms with E-state index in [0.717, 1.165) is 22.3 Å². The minimum Gasteiger partial charge on any atom is -0.382 e. The molecule has 4 N–H and O–H groups in total. The number of nitrogens with two attached hydrogens (primary N) is 1. The van der Waals surface area contributed by atoms with E-state index in [1.165, 1.54) is 4.68 Å². The van der Waals surface area contributed by atoms with Gasteiger partial charge < -0.3 is 16.4 Å². The van der Waals surface area contributed by atoms with Crippen molar-refractivity contribution in [1.82, 2.24) is 15.0 Å². The molecule has 3 aromatic rings. The van der Waals surface area contributed by atoms with Crippen molar-refractivity contribution in [1.29, 1.82) is 0 Å². The summed E-state index contributed by atoms with van der Waals surface area (Å²) in [5.74, 6) is -0.754. The van der Waals surface area contributed by atoms with E-state index in [4.69, 9.17) is 5.73 Å². The Bertz CT molecular complexity index is 1090. The average Bonchev–Trinajstić information content (AvgIpc) is 3.01. The Labute approximate surface area is 169 Å². The maximum absolute atomic E-state index is 12.6. The number of hydrogen-bond acceptors (Lipinski definition) is 5. The van der Waals surface area contributed by atoms with Gasteiger partial charge in [0, 0.05) is 11.4 Å². The lowest BCUT2D eigenvalue weighted by Crippen LogP contribution is -2.22. The molecular weight excluding hydrogens is 368 g/mol. The first-order chi connectivity index (χ1) is 13.7. The third kappa shape index (κ3) is 4.60. The molecule has 150 valence electrons. The van der Waals surface area contributed by atoms with Crippen molar-refractivity contribution in [3.8, 4) is 0 Å². The van der Waals surface area contributed by atoms with Crippen molar-refractivity contribution < 1.29 is 9.59 Å². The SMILES string of the molecule is Cc1ccc(NC(=O)Cn2nnc(C(=O)Nc3cc(C)ccc3C)c2N)c(C)c1. The minimum absolute atomic E-state index is 0.0229. The lowest BCUT2D eigenvalue weighted by Gasteiger charge is -2.10. The molecule has 8 heteroatoms. The second-order valence-electron chi connectivity index (χ2n) is 7.12. The molecule has 3 rings (SSSR count). The topological polar surface area (TPSA) is 115 Å². The fourth-order valence-corrected chi connectivity index (χ4v) is 2.93. The van der Waals surface area contributed by atoms with Gasteiger partial charge in [0.05, 0.1) is 0 Å². The molecule has 0 spiro atoms. The zero-order valence-electron chi connectivity index (χ0n) is 16.9. The van der Waals surface area contributed by atoms with Gasteiger partial charge in [-0.15, -0.1) is 5.10 Å². The maximum atomic E-state index is 12.6. The van der Waals surface area contributed by atoms with E-state index >= 15 is 0 Å². The van der Waals surface area contributed by atoms with E-state index < -0.39 is 5.91 Å². The van der Waals surface area contributed by atoms with Gasteiger partial charge in [-0.1, -0.05) is 35.0 Å². The van der Waals surface area contributed by atoms with Crippen molar-refractivity contribution >= 4 is 29.0 Å². The molecule has 0 aliphatic rings. The Hall–Kier alpha value is -3.68. The summed E-state index contributed by atoms with van der Waals surface area (Å²) < 4.78 is 1.21. The summed E-state index contributed by atoms with van der Waals surface area (Å²) in [7, 11) is 0. The molecule has 8 nitrogen and oxygen atoms in total. The van der Waals surface area contributed by atoms with E-state index in [2.05, 4.69) is 20.9 Å². The molecule has 0 atom stereocenters. The van der Waals surface area contributed by atoms with Crippen LogP contribution in [0.5, 0.6) is 0 Å². The van der Waals surface area contributed by atoms with Crippen LogP contribution in [0.4, 0.5) is 17.2 Å². The van der Waals surface area contributed by atoms with Crippen LogP contribution in [0.25, 0.3) is 0 Å². The number of benzene rings is 2. The van der Waals surface area contributed by atoms with E-state index in [9.17, 15) is 9.59 Å². The maximum Gasteiger partial charge on any atom is 0.280 e. The Morgan fingerprint density at radius 3 is 2.34 bits per heavy atom. The largest absolute Gasteiger partial charge is 0.382 e. The molecule has 0 bridgehead atoms. The van der Waals surface area contributed by atoms with Gasteiger partial charge in [-0.2, -0.15) is 0 Å². The van der Waals surface area contributed by atoms with Crippen LogP contribution in [0.15, 0.2) is 36.4 Å². The van der Waals surface area contributed by atoms with Crippen LogP contribution in [0.2, 0.25) is 0 Å². The van der Waals surface area contributed by atoms with Gasteiger partial charge >= 0.3 is 0 Å². The Kier molecular flexibility index (Phi) is 5.63. The Morgan fingerprint density at radius 1 is 0.931 bits per heavy atom. The van der Waals surface area contributed by atoms with E-state index in [1.807, 2.05) is 64.1 Å². The first-order valence-electron chi connectivity index (χ1n) is 9.19. The van der Waals surface area contributed by atoms with Crippen molar-refractivity contribution in [3.05, 3.63) is 64.3 Å². The standard InChI is InChI=1S/C21H24N6O2/c1-12-6-8-16(15(4)9-12)23-18(28)11-27-20(22)19(25-26-27)21(29)24-17-10-13(2)5-7-14(17)3/h5-10H,11,22H2,1-4H3,(H,23,28)(H,24,29). The number of nitrogens with zero attached hydrogens (tertiary/aromatic N) is 3. The third-order valence-electron chi connectivity index (χ3n) is 4.58. The number of nitrogens with one attached hydrogen (secondary N) is 2. The first kappa shape index (κ1) is 20.1. The Balaban J connectivity index is 1.70. The van der Waals surface area contributed by atoms with E-state index in [-0.39, 0.29) is 24.0 Å². The number of nitrogen functional groups attached to an aromatic ring is 1. The monoisotopic (exact) mass is 392 g/mol. The number of carbonyl (C=O) groups is 2. The normalized spacial score (nSPS) is 10.6. The number of hydrogen-bond donors (Lipinski definition) is 3. The summed E-state index contributed by atoms with van der Waals surface area (Å²) >= 11 is 0. The molecule has 0 aliphatic heterocycles. The van der Waals surface area contributed by atoms with Gasteiger partial charge in [-0.25, -0.2) is 4.68 Å². The number of carbonyl (C=O) groups excluding carboxylic acids is 2. The third-order valence-corrected chi connectivity index (χ3v) is 4.58. The molecule has 0 radical (unpaired) electrons. The molecule has 2 amide bonds. The number of rotatable bonds is 5. The van der Waals surface area contributed by atoms with E-state index in [0.29, 0.717) is 11.4 Å². The summed E-state index contributed by atoms with van der Waals surface area (Å²) in [6.07, 6.45) is 0. The van der Waals surface area contributed by atoms with Crippen molar-refractivity contribution in [3.63, 3.8) is 0 Å². The minimum atomic E-state index is -0.475.